The predicted octanol–water partition coefficient (Wildman–Crippen LogP) is 5.42. The number of hydrogen-bond acceptors (Lipinski definition) is 0. The van der Waals surface area contributed by atoms with Crippen molar-refractivity contribution in [2.45, 2.75) is 37.4 Å². The van der Waals surface area contributed by atoms with E-state index < -0.39 is 55.9 Å². The topological polar surface area (TPSA) is 0 Å². The van der Waals surface area contributed by atoms with Crippen molar-refractivity contribution in [1.29, 1.82) is 0 Å². The number of rotatable bonds is 3. The molecule has 0 aliphatic heterocycles. The van der Waals surface area contributed by atoms with Gasteiger partial charge in [-0.05, 0) is 12.8 Å². The van der Waals surface area contributed by atoms with E-state index in [4.69, 9.17) is 0 Å². The van der Waals surface area contributed by atoms with Crippen molar-refractivity contribution in [3.8, 4) is 0 Å². The van der Waals surface area contributed by atoms with Gasteiger partial charge >= 0.3 is 9.08 Å². The summed E-state index contributed by atoms with van der Waals surface area (Å²) in [5.41, 5.74) is -3.95. The summed E-state index contributed by atoms with van der Waals surface area (Å²) in [5, 5.41) is -3.92. The Hall–Kier alpha value is -0.863. The minimum absolute atomic E-state index is 0.758. The molecule has 0 fully saturated rings. The van der Waals surface area contributed by atoms with Gasteiger partial charge in [0.25, 0.3) is 0 Å². The molecule has 0 saturated heterocycles. The van der Waals surface area contributed by atoms with E-state index in [1.54, 1.807) is 0 Å². The lowest BCUT2D eigenvalue weighted by molar-refractivity contribution is 0.0642. The molecule has 1 rings (SSSR count). The Balaban J connectivity index is 3.80. The highest BCUT2D eigenvalue weighted by Crippen LogP contribution is 2.67. The van der Waals surface area contributed by atoms with Crippen molar-refractivity contribution in [2.24, 2.45) is 0 Å². The number of alkyl halides is 1. The monoisotopic (exact) mass is 310 g/mol. The Labute approximate surface area is 105 Å². The molecule has 1 aliphatic carbocycles. The molecule has 19 heavy (non-hydrogen) atoms. The van der Waals surface area contributed by atoms with Crippen LogP contribution in [0.3, 0.4) is 0 Å². The molecular weight excluding hydrogens is 300 g/mol. The third kappa shape index (κ3) is 1.77. The van der Waals surface area contributed by atoms with E-state index in [1.807, 2.05) is 0 Å². The van der Waals surface area contributed by atoms with Crippen LogP contribution in [0.15, 0.2) is 23.3 Å². The van der Waals surface area contributed by atoms with Crippen molar-refractivity contribution in [3.63, 3.8) is 0 Å². The third-order valence-electron chi connectivity index (χ3n) is 3.48. The molecule has 0 spiro atoms. The lowest BCUT2D eigenvalue weighted by atomic mass is 9.78. The smallest absolute Gasteiger partial charge is 0.237 e. The largest absolute Gasteiger partial charge is 0.633 e. The molecule has 2 atom stereocenters. The highest BCUT2D eigenvalue weighted by Gasteiger charge is 2.77. The van der Waals surface area contributed by atoms with Gasteiger partial charge in [-0.15, -0.1) is 0 Å². The van der Waals surface area contributed by atoms with Crippen molar-refractivity contribution in [1.82, 2.24) is 0 Å². The molecule has 1 aliphatic rings. The van der Waals surface area contributed by atoms with Crippen molar-refractivity contribution in [3.05, 3.63) is 23.3 Å². The quantitative estimate of drug-likeness (QED) is 0.371. The molecule has 110 valence electrons. The molecule has 9 heteroatoms. The van der Waals surface area contributed by atoms with Crippen LogP contribution < -0.4 is 0 Å². The SMILES string of the molecule is CCC1(F)C(F)=C(F)C(F)=C(F)C1(CC)[Si](F)(F)F. The van der Waals surface area contributed by atoms with Crippen LogP contribution in [-0.4, -0.2) is 14.7 Å². The summed E-state index contributed by atoms with van der Waals surface area (Å²) in [6.07, 6.45) is -2.40. The van der Waals surface area contributed by atoms with Crippen LogP contribution in [0.2, 0.25) is 5.04 Å². The molecule has 0 amide bonds. The lowest BCUT2D eigenvalue weighted by Crippen LogP contribution is -2.54. The first kappa shape index (κ1) is 16.2. The van der Waals surface area contributed by atoms with Crippen molar-refractivity contribution >= 4 is 9.08 Å². The van der Waals surface area contributed by atoms with Gasteiger partial charge in [0.1, 0.15) is 5.04 Å². The molecule has 0 N–H and O–H groups in total. The summed E-state index contributed by atoms with van der Waals surface area (Å²) in [7, 11) is -7.23. The van der Waals surface area contributed by atoms with Crippen LogP contribution in [-0.2, 0) is 0 Å². The molecule has 0 saturated carbocycles. The summed E-state index contributed by atoms with van der Waals surface area (Å²) >= 11 is 0. The number of hydrogen-bond donors (Lipinski definition) is 0. The lowest BCUT2D eigenvalue weighted by Gasteiger charge is -2.44. The van der Waals surface area contributed by atoms with E-state index in [9.17, 15) is 34.3 Å². The second-order valence-electron chi connectivity index (χ2n) is 4.17. The van der Waals surface area contributed by atoms with Crippen LogP contribution in [0, 0.1) is 0 Å². The molecule has 0 aromatic heterocycles. The van der Waals surface area contributed by atoms with Gasteiger partial charge in [-0.2, -0.15) is 0 Å². The normalized spacial score (nSPS) is 33.2. The second-order valence-corrected chi connectivity index (χ2v) is 6.02. The first-order chi connectivity index (χ1) is 8.51. The third-order valence-corrected chi connectivity index (χ3v) is 5.42. The Bertz CT molecular complexity index is 451. The zero-order valence-corrected chi connectivity index (χ0v) is 10.9. The van der Waals surface area contributed by atoms with Crippen LogP contribution in [0.5, 0.6) is 0 Å². The van der Waals surface area contributed by atoms with Crippen LogP contribution >= 0.6 is 0 Å². The maximum absolute atomic E-state index is 14.4. The zero-order chi connectivity index (χ0) is 15.2. The fourth-order valence-electron chi connectivity index (χ4n) is 2.36. The average molecular weight is 310 g/mol. The summed E-state index contributed by atoms with van der Waals surface area (Å²) in [6, 6.07) is 0. The summed E-state index contributed by atoms with van der Waals surface area (Å²) in [6.45, 7) is 1.57. The first-order valence-corrected chi connectivity index (χ1v) is 7.02. The van der Waals surface area contributed by atoms with Gasteiger partial charge in [-0.3, -0.25) is 0 Å². The number of allylic oxidation sites excluding steroid dienone is 4. The molecule has 0 bridgehead atoms. The van der Waals surface area contributed by atoms with Gasteiger partial charge in [0.05, 0.1) is 0 Å². The summed E-state index contributed by atoms with van der Waals surface area (Å²) < 4.78 is 107. The van der Waals surface area contributed by atoms with E-state index >= 15 is 0 Å². The molecule has 0 aromatic carbocycles. The van der Waals surface area contributed by atoms with Crippen molar-refractivity contribution in [2.75, 3.05) is 0 Å². The Kier molecular flexibility index (Phi) is 3.92. The van der Waals surface area contributed by atoms with E-state index in [0.29, 0.717) is 0 Å². The fourth-order valence-corrected chi connectivity index (χ4v) is 3.85. The molecular formula is C10H10F8Si. The Morgan fingerprint density at radius 2 is 1.26 bits per heavy atom. The average Bonchev–Trinajstić information content (AvgIpc) is 2.33. The maximum Gasteiger partial charge on any atom is 0.633 e. The molecule has 0 aromatic rings. The highest BCUT2D eigenvalue weighted by atomic mass is 28.5. The first-order valence-electron chi connectivity index (χ1n) is 5.38. The van der Waals surface area contributed by atoms with Gasteiger partial charge in [0.2, 0.25) is 0 Å². The van der Waals surface area contributed by atoms with Gasteiger partial charge in [0.15, 0.2) is 29.0 Å². The molecule has 0 nitrogen and oxygen atoms in total. The van der Waals surface area contributed by atoms with Crippen LogP contribution in [0.4, 0.5) is 34.3 Å². The van der Waals surface area contributed by atoms with Gasteiger partial charge < -0.3 is 0 Å². The van der Waals surface area contributed by atoms with Gasteiger partial charge in [-0.25, -0.2) is 34.3 Å². The Morgan fingerprint density at radius 1 is 0.842 bits per heavy atom. The van der Waals surface area contributed by atoms with Gasteiger partial charge in [-0.1, -0.05) is 13.8 Å². The summed E-state index contributed by atoms with van der Waals surface area (Å²) in [4.78, 5) is 0. The Morgan fingerprint density at radius 3 is 1.58 bits per heavy atom. The standard InChI is InChI=1S/C10H10F8Si/c1-3-9(15)7(13)5(11)6(12)8(14)10(9,4-2)19(16,17)18/h3-4H2,1-2H3. The molecule has 2 unspecified atom stereocenters. The minimum Gasteiger partial charge on any atom is -0.237 e. The predicted molar refractivity (Wildman–Crippen MR) is 54.7 cm³/mol. The zero-order valence-electron chi connectivity index (χ0n) is 9.94. The number of halogens is 8. The highest BCUT2D eigenvalue weighted by molar-refractivity contribution is 6.63. The molecule has 0 radical (unpaired) electrons. The van der Waals surface area contributed by atoms with E-state index in [2.05, 4.69) is 0 Å². The van der Waals surface area contributed by atoms with Crippen LogP contribution in [0.25, 0.3) is 0 Å². The van der Waals surface area contributed by atoms with Crippen LogP contribution in [0.1, 0.15) is 26.7 Å². The maximum atomic E-state index is 14.4. The minimum atomic E-state index is -7.23. The molecule has 0 heterocycles. The summed E-state index contributed by atoms with van der Waals surface area (Å²) in [5.74, 6) is -10.3. The van der Waals surface area contributed by atoms with E-state index in [1.165, 1.54) is 0 Å². The van der Waals surface area contributed by atoms with E-state index in [-0.39, 0.29) is 0 Å². The fraction of sp³-hybridized carbons (Fsp3) is 0.600. The van der Waals surface area contributed by atoms with Crippen molar-refractivity contribution < 1.29 is 34.3 Å². The van der Waals surface area contributed by atoms with Gasteiger partial charge in [0, 0.05) is 0 Å². The van der Waals surface area contributed by atoms with E-state index in [0.717, 1.165) is 13.8 Å². The second kappa shape index (κ2) is 4.60.